The zero-order valence-electron chi connectivity index (χ0n) is 36.1. The molecule has 3 atom stereocenters. The second-order valence-corrected chi connectivity index (χ2v) is 16.3. The van der Waals surface area contributed by atoms with E-state index in [1.54, 1.807) is 0 Å². The van der Waals surface area contributed by atoms with Gasteiger partial charge in [0.05, 0.1) is 13.2 Å². The van der Waals surface area contributed by atoms with Crippen molar-refractivity contribution in [3.8, 4) is 0 Å². The van der Waals surface area contributed by atoms with Gasteiger partial charge in [-0.2, -0.15) is 0 Å². The first-order valence-corrected chi connectivity index (χ1v) is 23.8. The Balaban J connectivity index is 3.92. The molecule has 0 aliphatic heterocycles. The predicted molar refractivity (Wildman–Crippen MR) is 235 cm³/mol. The number of carbonyl (C=O) groups is 3. The van der Waals surface area contributed by atoms with E-state index in [-0.39, 0.29) is 12.8 Å². The number of aliphatic hydroxyl groups is 1. The number of hydrogen-bond donors (Lipinski definition) is 4. The summed E-state index contributed by atoms with van der Waals surface area (Å²) in [7, 11) is -4.76. The van der Waals surface area contributed by atoms with Crippen molar-refractivity contribution in [3.05, 3.63) is 60.8 Å². The summed E-state index contributed by atoms with van der Waals surface area (Å²) in [6.07, 6.45) is 46.7. The van der Waals surface area contributed by atoms with E-state index in [2.05, 4.69) is 79.9 Å². The fourth-order valence-corrected chi connectivity index (χ4v) is 6.60. The van der Waals surface area contributed by atoms with E-state index in [0.717, 1.165) is 89.9 Å². The lowest BCUT2D eigenvalue weighted by Gasteiger charge is -2.18. The molecule has 0 rings (SSSR count). The fraction of sp³-hybridized carbons (Fsp3) is 0.717. The maximum atomic E-state index is 12.3. The Kier molecular flexibility index (Phi) is 38.9. The smallest absolute Gasteiger partial charge is 0.472 e. The summed E-state index contributed by atoms with van der Waals surface area (Å²) in [5.41, 5.74) is 0. The number of esters is 1. The molecule has 0 saturated carbocycles. The molecule has 0 aromatic heterocycles. The molecule has 4 N–H and O–H groups in total. The van der Waals surface area contributed by atoms with Gasteiger partial charge in [0.1, 0.15) is 12.7 Å². The number of ether oxygens (including phenoxy) is 1. The minimum Gasteiger partial charge on any atom is -0.480 e. The maximum Gasteiger partial charge on any atom is 0.472 e. The number of carboxylic acid groups (broad SMARTS) is 1. The Morgan fingerprint density at radius 1 is 0.569 bits per heavy atom. The van der Waals surface area contributed by atoms with Crippen LogP contribution >= 0.6 is 7.82 Å². The number of phosphoric acid groups is 1. The molecule has 0 bridgehead atoms. The number of rotatable bonds is 41. The van der Waals surface area contributed by atoms with Crippen LogP contribution < -0.4 is 5.32 Å². The number of unbranched alkanes of at least 4 members (excludes halogenated alkanes) is 17. The maximum absolute atomic E-state index is 12.3. The second kappa shape index (κ2) is 40.9. The highest BCUT2D eigenvalue weighted by atomic mass is 31.2. The summed E-state index contributed by atoms with van der Waals surface area (Å²) in [6, 6.07) is -1.55. The van der Waals surface area contributed by atoms with Gasteiger partial charge in [-0.1, -0.05) is 152 Å². The zero-order valence-corrected chi connectivity index (χ0v) is 37.0. The van der Waals surface area contributed by atoms with Crippen LogP contribution in [0.5, 0.6) is 0 Å². The van der Waals surface area contributed by atoms with Gasteiger partial charge in [0.2, 0.25) is 5.91 Å². The Hall–Kier alpha value is -2.82. The highest BCUT2D eigenvalue weighted by Crippen LogP contribution is 2.43. The van der Waals surface area contributed by atoms with Crippen LogP contribution in [-0.4, -0.2) is 64.9 Å². The number of allylic oxidation sites excluding steroid dienone is 10. The molecule has 58 heavy (non-hydrogen) atoms. The van der Waals surface area contributed by atoms with Gasteiger partial charge in [-0.3, -0.25) is 18.6 Å². The molecule has 0 fully saturated rings. The van der Waals surface area contributed by atoms with Gasteiger partial charge < -0.3 is 25.2 Å². The van der Waals surface area contributed by atoms with E-state index in [1.165, 1.54) is 51.4 Å². The van der Waals surface area contributed by atoms with Crippen LogP contribution in [0.25, 0.3) is 0 Å². The average Bonchev–Trinajstić information content (AvgIpc) is 3.20. The molecule has 0 radical (unpaired) electrons. The minimum absolute atomic E-state index is 0.137. The third-order valence-electron chi connectivity index (χ3n) is 9.29. The average molecular weight is 838 g/mol. The fourth-order valence-electron chi connectivity index (χ4n) is 5.83. The molecule has 0 aromatic rings. The standard InChI is InChI=1S/C46H80NO10P/c1-3-5-7-9-11-13-15-17-19-20-21-22-24-25-27-29-31-33-35-37-44(49)47-43(46(51)52)41-57-58(53,54)56-40-42(48)39-55-45(50)38-36-34-32-30-28-26-23-18-16-14-12-10-8-6-4-2/h6,8,11-14,17-19,23,42-43,48H,3-5,7,9-10,15-16,20-22,24-41H2,1-2H3,(H,47,49)(H,51,52)(H,53,54)/b8-6-,13-11-,14-12-,19-17-,23-18-. The number of hydrogen-bond acceptors (Lipinski definition) is 8. The highest BCUT2D eigenvalue weighted by Gasteiger charge is 2.28. The SMILES string of the molecule is CC/C=C\C/C=C\C/C=C\CCCCCCCC(=O)OCC(O)COP(=O)(O)OCC(NC(=O)CCCCCCCCCCC/C=C\C/C=C\CCCCC)C(=O)O. The monoisotopic (exact) mass is 838 g/mol. The van der Waals surface area contributed by atoms with Crippen LogP contribution in [0.3, 0.4) is 0 Å². The largest absolute Gasteiger partial charge is 0.480 e. The highest BCUT2D eigenvalue weighted by molar-refractivity contribution is 7.47. The van der Waals surface area contributed by atoms with Gasteiger partial charge >= 0.3 is 19.8 Å². The van der Waals surface area contributed by atoms with Gasteiger partial charge in [0.15, 0.2) is 6.04 Å². The Labute approximate surface area is 351 Å². The van der Waals surface area contributed by atoms with Gasteiger partial charge in [0.25, 0.3) is 0 Å². The number of carboxylic acids is 1. The lowest BCUT2D eigenvalue weighted by molar-refractivity contribution is -0.147. The van der Waals surface area contributed by atoms with Gasteiger partial charge in [-0.05, 0) is 77.0 Å². The van der Waals surface area contributed by atoms with E-state index in [1.807, 2.05) is 0 Å². The first-order chi connectivity index (χ1) is 28.1. The van der Waals surface area contributed by atoms with Crippen molar-refractivity contribution in [1.29, 1.82) is 0 Å². The van der Waals surface area contributed by atoms with Crippen molar-refractivity contribution in [2.24, 2.45) is 0 Å². The third-order valence-corrected chi connectivity index (χ3v) is 10.2. The molecule has 11 nitrogen and oxygen atoms in total. The lowest BCUT2D eigenvalue weighted by atomic mass is 10.1. The van der Waals surface area contributed by atoms with Crippen LogP contribution in [0, 0.1) is 0 Å². The van der Waals surface area contributed by atoms with Crippen molar-refractivity contribution in [1.82, 2.24) is 5.32 Å². The number of aliphatic carboxylic acids is 1. The summed E-state index contributed by atoms with van der Waals surface area (Å²) in [4.78, 5) is 45.9. The first-order valence-electron chi connectivity index (χ1n) is 22.3. The Bertz CT molecular complexity index is 1210. The molecule has 0 heterocycles. The van der Waals surface area contributed by atoms with Gasteiger partial charge in [-0.25, -0.2) is 9.36 Å². The lowest BCUT2D eigenvalue weighted by Crippen LogP contribution is -2.43. The molecule has 3 unspecified atom stereocenters. The molecule has 12 heteroatoms. The summed E-state index contributed by atoms with van der Waals surface area (Å²) < 4.78 is 26.8. The van der Waals surface area contributed by atoms with Gasteiger partial charge in [-0.15, -0.1) is 0 Å². The number of carbonyl (C=O) groups excluding carboxylic acids is 2. The number of phosphoric ester groups is 1. The molecule has 0 aliphatic carbocycles. The van der Waals surface area contributed by atoms with Crippen molar-refractivity contribution in [2.45, 2.75) is 193 Å². The Morgan fingerprint density at radius 2 is 1.00 bits per heavy atom. The van der Waals surface area contributed by atoms with E-state index in [0.29, 0.717) is 12.8 Å². The zero-order chi connectivity index (χ0) is 42.8. The van der Waals surface area contributed by atoms with Crippen LogP contribution in [0.1, 0.15) is 181 Å². The van der Waals surface area contributed by atoms with Crippen LogP contribution in [0.15, 0.2) is 60.8 Å². The molecule has 0 aromatic carbocycles. The molecule has 1 amide bonds. The second-order valence-electron chi connectivity index (χ2n) is 14.9. The van der Waals surface area contributed by atoms with E-state index < -0.39 is 57.6 Å². The number of amides is 1. The van der Waals surface area contributed by atoms with E-state index >= 15 is 0 Å². The van der Waals surface area contributed by atoms with Crippen LogP contribution in [-0.2, 0) is 32.7 Å². The van der Waals surface area contributed by atoms with E-state index in [4.69, 9.17) is 13.8 Å². The van der Waals surface area contributed by atoms with Crippen molar-refractivity contribution in [3.63, 3.8) is 0 Å². The molecule has 0 spiro atoms. The third kappa shape index (κ3) is 40.0. The molecule has 334 valence electrons. The topological polar surface area (TPSA) is 169 Å². The summed E-state index contributed by atoms with van der Waals surface area (Å²) in [5.74, 6) is -2.40. The summed E-state index contributed by atoms with van der Waals surface area (Å²) >= 11 is 0. The molecular weight excluding hydrogens is 757 g/mol. The van der Waals surface area contributed by atoms with Crippen molar-refractivity contribution >= 4 is 25.7 Å². The van der Waals surface area contributed by atoms with Gasteiger partial charge in [0, 0.05) is 12.8 Å². The van der Waals surface area contributed by atoms with Crippen molar-refractivity contribution < 1.29 is 47.8 Å². The number of nitrogens with one attached hydrogen (secondary N) is 1. The van der Waals surface area contributed by atoms with Crippen LogP contribution in [0.2, 0.25) is 0 Å². The van der Waals surface area contributed by atoms with Crippen LogP contribution in [0.4, 0.5) is 0 Å². The minimum atomic E-state index is -4.76. The molecular formula is C46H80NO10P. The Morgan fingerprint density at radius 3 is 1.50 bits per heavy atom. The van der Waals surface area contributed by atoms with Crippen molar-refractivity contribution in [2.75, 3.05) is 19.8 Å². The molecule has 0 saturated heterocycles. The summed E-state index contributed by atoms with van der Waals surface area (Å²) in [6.45, 7) is 2.43. The quantitative estimate of drug-likeness (QED) is 0.0201. The summed E-state index contributed by atoms with van der Waals surface area (Å²) in [5, 5.41) is 21.8. The number of aliphatic hydroxyl groups excluding tert-OH is 1. The van der Waals surface area contributed by atoms with E-state index in [9.17, 15) is 34.1 Å². The molecule has 0 aliphatic rings. The normalized spacial score (nSPS) is 14.3. The first kappa shape index (κ1) is 55.2. The predicted octanol–water partition coefficient (Wildman–Crippen LogP) is 11.6.